The van der Waals surface area contributed by atoms with E-state index >= 15 is 0 Å². The first-order valence-electron chi connectivity index (χ1n) is 10.8. The summed E-state index contributed by atoms with van der Waals surface area (Å²) in [6.45, 7) is 1.89. The lowest BCUT2D eigenvalue weighted by atomic mass is 10.0. The molecule has 1 aliphatic heterocycles. The number of anilines is 1. The van der Waals surface area contributed by atoms with Gasteiger partial charge in [0.1, 0.15) is 0 Å². The van der Waals surface area contributed by atoms with Crippen LogP contribution < -0.4 is 4.90 Å². The number of benzene rings is 4. The Bertz CT molecular complexity index is 1350. The van der Waals surface area contributed by atoms with E-state index in [9.17, 15) is 0 Å². The number of fused-ring (bicyclic) bond motifs is 2. The Hall–Kier alpha value is -3.85. The molecule has 31 heavy (non-hydrogen) atoms. The van der Waals surface area contributed by atoms with Crippen LogP contribution in [0.5, 0.6) is 0 Å². The highest BCUT2D eigenvalue weighted by Gasteiger charge is 2.20. The van der Waals surface area contributed by atoms with Crippen molar-refractivity contribution in [3.05, 3.63) is 115 Å². The summed E-state index contributed by atoms with van der Waals surface area (Å²) >= 11 is 0. The van der Waals surface area contributed by atoms with Gasteiger partial charge in [-0.15, -0.1) is 0 Å². The van der Waals surface area contributed by atoms with E-state index in [1.54, 1.807) is 0 Å². The Labute approximate surface area is 182 Å². The number of rotatable bonds is 3. The summed E-state index contributed by atoms with van der Waals surface area (Å²) in [7, 11) is 0. The molecule has 0 atom stereocenters. The van der Waals surface area contributed by atoms with Gasteiger partial charge in [0.05, 0.1) is 11.4 Å². The van der Waals surface area contributed by atoms with Gasteiger partial charge in [0, 0.05) is 37.0 Å². The number of hydrogen-bond donors (Lipinski definition) is 0. The lowest BCUT2D eigenvalue weighted by Gasteiger charge is -2.28. The number of hydrogen-bond acceptors (Lipinski definition) is 2. The Balaban J connectivity index is 1.24. The molecule has 4 aromatic carbocycles. The predicted molar refractivity (Wildman–Crippen MR) is 128 cm³/mol. The average Bonchev–Trinajstić information content (AvgIpc) is 3.28. The second-order valence-electron chi connectivity index (χ2n) is 8.16. The zero-order valence-electron chi connectivity index (χ0n) is 17.3. The van der Waals surface area contributed by atoms with Crippen molar-refractivity contribution in [2.24, 2.45) is 0 Å². The molecule has 0 N–H and O–H groups in total. The molecule has 5 aromatic rings. The van der Waals surface area contributed by atoms with Gasteiger partial charge < -0.3 is 4.90 Å². The molecule has 0 aliphatic carbocycles. The highest BCUT2D eigenvalue weighted by Crippen LogP contribution is 2.29. The summed E-state index contributed by atoms with van der Waals surface area (Å²) in [5.41, 5.74) is 7.42. The zero-order chi connectivity index (χ0) is 20.6. The third-order valence-electron chi connectivity index (χ3n) is 6.19. The van der Waals surface area contributed by atoms with E-state index in [-0.39, 0.29) is 0 Å². The monoisotopic (exact) mass is 401 g/mol. The molecular formula is C28H23N3. The van der Waals surface area contributed by atoms with E-state index in [0.717, 1.165) is 25.2 Å². The van der Waals surface area contributed by atoms with Gasteiger partial charge in [0.15, 0.2) is 0 Å². The predicted octanol–water partition coefficient (Wildman–Crippen LogP) is 6.26. The summed E-state index contributed by atoms with van der Waals surface area (Å²) < 4.78 is 2.01. The van der Waals surface area contributed by atoms with Crippen LogP contribution in [0.1, 0.15) is 11.3 Å². The first-order valence-corrected chi connectivity index (χ1v) is 10.8. The number of nitrogens with zero attached hydrogens (tertiary/aromatic N) is 3. The fourth-order valence-electron chi connectivity index (χ4n) is 4.48. The van der Waals surface area contributed by atoms with Crippen LogP contribution in [-0.4, -0.2) is 16.3 Å². The van der Waals surface area contributed by atoms with Crippen molar-refractivity contribution >= 4 is 16.5 Å². The third kappa shape index (κ3) is 3.38. The van der Waals surface area contributed by atoms with E-state index in [4.69, 9.17) is 5.10 Å². The molecule has 0 bridgehead atoms. The molecule has 3 heteroatoms. The van der Waals surface area contributed by atoms with Crippen molar-refractivity contribution in [2.45, 2.75) is 13.0 Å². The standard InChI is InChI=1S/C28H23N3/c1-2-8-27(9-3-1)31-20-25-19-30(17-16-28(25)29-31)26-14-12-22(13-15-26)24-11-10-21-6-4-5-7-23(21)18-24/h1-15,18,20H,16-17,19H2. The van der Waals surface area contributed by atoms with E-state index in [2.05, 4.69) is 102 Å². The van der Waals surface area contributed by atoms with E-state index in [1.165, 1.54) is 38.8 Å². The van der Waals surface area contributed by atoms with Crippen molar-refractivity contribution in [2.75, 3.05) is 11.4 Å². The summed E-state index contributed by atoms with van der Waals surface area (Å²) in [6.07, 6.45) is 3.15. The second-order valence-corrected chi connectivity index (χ2v) is 8.16. The molecule has 150 valence electrons. The van der Waals surface area contributed by atoms with E-state index < -0.39 is 0 Å². The van der Waals surface area contributed by atoms with Gasteiger partial charge in [0.2, 0.25) is 0 Å². The van der Waals surface area contributed by atoms with Crippen LogP contribution in [0.25, 0.3) is 27.6 Å². The second kappa shape index (κ2) is 7.44. The summed E-state index contributed by atoms with van der Waals surface area (Å²) in [4.78, 5) is 2.45. The highest BCUT2D eigenvalue weighted by molar-refractivity contribution is 5.87. The van der Waals surface area contributed by atoms with Gasteiger partial charge in [-0.3, -0.25) is 0 Å². The molecule has 0 amide bonds. The topological polar surface area (TPSA) is 21.1 Å². The molecule has 0 radical (unpaired) electrons. The molecular weight excluding hydrogens is 378 g/mol. The summed E-state index contributed by atoms with van der Waals surface area (Å²) in [6, 6.07) is 34.5. The van der Waals surface area contributed by atoms with Crippen molar-refractivity contribution in [3.8, 4) is 16.8 Å². The molecule has 3 nitrogen and oxygen atoms in total. The molecule has 0 spiro atoms. The van der Waals surface area contributed by atoms with Gasteiger partial charge in [-0.2, -0.15) is 5.10 Å². The SMILES string of the molecule is c1ccc(-n2cc3c(n2)CCN(c2ccc(-c4ccc5ccccc5c4)cc2)C3)cc1. The molecule has 2 heterocycles. The smallest absolute Gasteiger partial charge is 0.0696 e. The maximum absolute atomic E-state index is 4.82. The fourth-order valence-corrected chi connectivity index (χ4v) is 4.48. The molecule has 0 unspecified atom stereocenters. The largest absolute Gasteiger partial charge is 0.367 e. The first kappa shape index (κ1) is 18.0. The minimum absolute atomic E-state index is 0.900. The lowest BCUT2D eigenvalue weighted by molar-refractivity contribution is 0.715. The number of aromatic nitrogens is 2. The maximum atomic E-state index is 4.82. The maximum Gasteiger partial charge on any atom is 0.0696 e. The highest BCUT2D eigenvalue weighted by atomic mass is 15.3. The zero-order valence-corrected chi connectivity index (χ0v) is 17.3. The Kier molecular flexibility index (Phi) is 4.31. The Morgan fingerprint density at radius 1 is 0.645 bits per heavy atom. The molecule has 0 saturated carbocycles. The van der Waals surface area contributed by atoms with Crippen LogP contribution in [-0.2, 0) is 13.0 Å². The normalized spacial score (nSPS) is 13.4. The van der Waals surface area contributed by atoms with E-state index in [1.807, 2.05) is 10.7 Å². The van der Waals surface area contributed by atoms with Crippen molar-refractivity contribution in [3.63, 3.8) is 0 Å². The van der Waals surface area contributed by atoms with Crippen molar-refractivity contribution in [1.29, 1.82) is 0 Å². The average molecular weight is 402 g/mol. The van der Waals surface area contributed by atoms with Crippen LogP contribution in [0, 0.1) is 0 Å². The number of para-hydroxylation sites is 1. The fraction of sp³-hybridized carbons (Fsp3) is 0.107. The van der Waals surface area contributed by atoms with Gasteiger partial charge in [-0.1, -0.05) is 66.7 Å². The van der Waals surface area contributed by atoms with Crippen LogP contribution >= 0.6 is 0 Å². The van der Waals surface area contributed by atoms with Gasteiger partial charge >= 0.3 is 0 Å². The minimum atomic E-state index is 0.900. The molecule has 0 fully saturated rings. The van der Waals surface area contributed by atoms with Crippen LogP contribution in [0.2, 0.25) is 0 Å². The van der Waals surface area contributed by atoms with E-state index in [0.29, 0.717) is 0 Å². The third-order valence-corrected chi connectivity index (χ3v) is 6.19. The quantitative estimate of drug-likeness (QED) is 0.356. The van der Waals surface area contributed by atoms with Crippen molar-refractivity contribution in [1.82, 2.24) is 9.78 Å². The summed E-state index contributed by atoms with van der Waals surface area (Å²) in [5, 5.41) is 7.38. The van der Waals surface area contributed by atoms with Gasteiger partial charge in [-0.05, 0) is 52.2 Å². The van der Waals surface area contributed by atoms with Crippen molar-refractivity contribution < 1.29 is 0 Å². The minimum Gasteiger partial charge on any atom is -0.367 e. The summed E-state index contributed by atoms with van der Waals surface area (Å²) in [5.74, 6) is 0. The van der Waals surface area contributed by atoms with Gasteiger partial charge in [-0.25, -0.2) is 4.68 Å². The van der Waals surface area contributed by atoms with Gasteiger partial charge in [0.25, 0.3) is 0 Å². The van der Waals surface area contributed by atoms with Crippen LogP contribution in [0.15, 0.2) is 103 Å². The Morgan fingerprint density at radius 2 is 1.39 bits per heavy atom. The molecule has 1 aromatic heterocycles. The van der Waals surface area contributed by atoms with Crippen LogP contribution in [0.3, 0.4) is 0 Å². The molecule has 6 rings (SSSR count). The first-order chi connectivity index (χ1) is 15.3. The lowest BCUT2D eigenvalue weighted by Crippen LogP contribution is -2.29. The Morgan fingerprint density at radius 3 is 2.23 bits per heavy atom. The molecule has 0 saturated heterocycles. The van der Waals surface area contributed by atoms with Crippen LogP contribution in [0.4, 0.5) is 5.69 Å². The molecule has 1 aliphatic rings.